The van der Waals surface area contributed by atoms with E-state index in [1.807, 2.05) is 0 Å². The van der Waals surface area contributed by atoms with Crippen LogP contribution in [0.5, 0.6) is 5.75 Å². The SMILES string of the molecule is O=C(c1cc2cc(Cl)ccn2n1)N1CCOc2c(F)cccc2C1. The maximum Gasteiger partial charge on any atom is 0.274 e. The van der Waals surface area contributed by atoms with Gasteiger partial charge in [0.1, 0.15) is 6.61 Å². The Bertz CT molecular complexity index is 941. The minimum Gasteiger partial charge on any atom is -0.488 e. The number of carbonyl (C=O) groups is 1. The Morgan fingerprint density at radius 1 is 1.29 bits per heavy atom. The number of pyridine rings is 1. The van der Waals surface area contributed by atoms with Gasteiger partial charge in [-0.1, -0.05) is 23.7 Å². The van der Waals surface area contributed by atoms with Gasteiger partial charge in [0.05, 0.1) is 12.1 Å². The minimum absolute atomic E-state index is 0.217. The Hall–Kier alpha value is -2.60. The summed E-state index contributed by atoms with van der Waals surface area (Å²) in [5.74, 6) is -0.422. The number of ether oxygens (including phenoxy) is 1. The molecule has 1 amide bonds. The molecule has 24 heavy (non-hydrogen) atoms. The first-order valence-electron chi connectivity index (χ1n) is 7.46. The topological polar surface area (TPSA) is 46.8 Å². The highest BCUT2D eigenvalue weighted by molar-refractivity contribution is 6.30. The summed E-state index contributed by atoms with van der Waals surface area (Å²) in [6.07, 6.45) is 1.70. The Balaban J connectivity index is 1.65. The fraction of sp³-hybridized carbons (Fsp3) is 0.176. The summed E-state index contributed by atoms with van der Waals surface area (Å²) in [5.41, 5.74) is 1.70. The molecule has 3 heterocycles. The molecule has 0 N–H and O–H groups in total. The van der Waals surface area contributed by atoms with Gasteiger partial charge in [-0.3, -0.25) is 4.79 Å². The number of benzene rings is 1. The maximum absolute atomic E-state index is 13.8. The van der Waals surface area contributed by atoms with Crippen LogP contribution in [-0.4, -0.2) is 33.6 Å². The molecule has 122 valence electrons. The molecule has 0 bridgehead atoms. The van der Waals surface area contributed by atoms with E-state index in [0.717, 1.165) is 5.52 Å². The molecular formula is C17H13ClFN3O2. The first kappa shape index (κ1) is 15.0. The van der Waals surface area contributed by atoms with Gasteiger partial charge in [0.15, 0.2) is 17.3 Å². The number of carbonyl (C=O) groups excluding carboxylic acids is 1. The first-order chi connectivity index (χ1) is 11.6. The van der Waals surface area contributed by atoms with Crippen molar-refractivity contribution in [2.45, 2.75) is 6.54 Å². The van der Waals surface area contributed by atoms with Crippen LogP contribution in [0.4, 0.5) is 4.39 Å². The van der Waals surface area contributed by atoms with E-state index in [2.05, 4.69) is 5.10 Å². The Morgan fingerprint density at radius 3 is 3.04 bits per heavy atom. The molecule has 2 aromatic heterocycles. The number of hydrogen-bond acceptors (Lipinski definition) is 3. The Labute approximate surface area is 142 Å². The molecule has 0 fully saturated rings. The summed E-state index contributed by atoms with van der Waals surface area (Å²) in [5, 5.41) is 4.86. The second kappa shape index (κ2) is 5.79. The molecule has 1 aliphatic heterocycles. The molecule has 1 aromatic carbocycles. The van der Waals surface area contributed by atoms with Gasteiger partial charge in [-0.25, -0.2) is 8.91 Å². The molecule has 4 rings (SSSR count). The normalized spacial score (nSPS) is 14.2. The Morgan fingerprint density at radius 2 is 2.17 bits per heavy atom. The number of hydrogen-bond donors (Lipinski definition) is 0. The van der Waals surface area contributed by atoms with Crippen molar-refractivity contribution in [3.8, 4) is 5.75 Å². The number of para-hydroxylation sites is 1. The summed E-state index contributed by atoms with van der Waals surface area (Å²) in [7, 11) is 0. The van der Waals surface area contributed by atoms with Crippen molar-refractivity contribution < 1.29 is 13.9 Å². The van der Waals surface area contributed by atoms with Gasteiger partial charge in [-0.2, -0.15) is 5.10 Å². The summed E-state index contributed by atoms with van der Waals surface area (Å²) in [4.78, 5) is 14.4. The molecule has 0 spiro atoms. The second-order valence-electron chi connectivity index (χ2n) is 5.55. The van der Waals surface area contributed by atoms with Gasteiger partial charge in [0.25, 0.3) is 5.91 Å². The van der Waals surface area contributed by atoms with Gasteiger partial charge in [0, 0.05) is 23.3 Å². The largest absolute Gasteiger partial charge is 0.488 e. The van der Waals surface area contributed by atoms with Crippen LogP contribution in [0.2, 0.25) is 5.02 Å². The zero-order chi connectivity index (χ0) is 16.7. The Kier molecular flexibility index (Phi) is 3.61. The van der Waals surface area contributed by atoms with Gasteiger partial charge in [0.2, 0.25) is 0 Å². The lowest BCUT2D eigenvalue weighted by molar-refractivity contribution is 0.0726. The third-order valence-electron chi connectivity index (χ3n) is 3.95. The van der Waals surface area contributed by atoms with E-state index >= 15 is 0 Å². The van der Waals surface area contributed by atoms with Gasteiger partial charge >= 0.3 is 0 Å². The average molecular weight is 346 g/mol. The lowest BCUT2D eigenvalue weighted by Crippen LogP contribution is -2.32. The van der Waals surface area contributed by atoms with Crippen LogP contribution in [0.15, 0.2) is 42.6 Å². The van der Waals surface area contributed by atoms with Crippen molar-refractivity contribution in [1.29, 1.82) is 0 Å². The van der Waals surface area contributed by atoms with E-state index in [-0.39, 0.29) is 24.8 Å². The third-order valence-corrected chi connectivity index (χ3v) is 4.18. The average Bonchev–Trinajstić information content (AvgIpc) is 2.85. The molecule has 0 aliphatic carbocycles. The quantitative estimate of drug-likeness (QED) is 0.680. The molecule has 1 aliphatic rings. The van der Waals surface area contributed by atoms with E-state index in [0.29, 0.717) is 22.8 Å². The van der Waals surface area contributed by atoms with E-state index in [1.54, 1.807) is 45.9 Å². The van der Waals surface area contributed by atoms with E-state index in [1.165, 1.54) is 6.07 Å². The molecule has 7 heteroatoms. The van der Waals surface area contributed by atoms with Crippen molar-refractivity contribution in [2.75, 3.05) is 13.2 Å². The predicted octanol–water partition coefficient (Wildman–Crippen LogP) is 3.16. The van der Waals surface area contributed by atoms with Gasteiger partial charge in [-0.15, -0.1) is 0 Å². The zero-order valence-electron chi connectivity index (χ0n) is 12.6. The standard InChI is InChI=1S/C17H13ClFN3O2/c18-12-4-5-22-13(8-12)9-15(20-22)17(23)21-6-7-24-16-11(10-21)2-1-3-14(16)19/h1-5,8-9H,6-7,10H2. The smallest absolute Gasteiger partial charge is 0.274 e. The van der Waals surface area contributed by atoms with Crippen LogP contribution in [0.3, 0.4) is 0 Å². The molecule has 0 saturated carbocycles. The fourth-order valence-corrected chi connectivity index (χ4v) is 2.96. The number of amides is 1. The molecule has 0 unspecified atom stereocenters. The summed E-state index contributed by atoms with van der Waals surface area (Å²) >= 11 is 5.96. The molecule has 0 atom stereocenters. The molecule has 0 radical (unpaired) electrons. The number of rotatable bonds is 1. The molecular weight excluding hydrogens is 333 g/mol. The lowest BCUT2D eigenvalue weighted by atomic mass is 10.2. The van der Waals surface area contributed by atoms with Crippen LogP contribution in [0.25, 0.3) is 5.52 Å². The summed E-state index contributed by atoms with van der Waals surface area (Å²) in [6.45, 7) is 0.876. The second-order valence-corrected chi connectivity index (χ2v) is 5.98. The highest BCUT2D eigenvalue weighted by atomic mass is 35.5. The van der Waals surface area contributed by atoms with Crippen molar-refractivity contribution in [1.82, 2.24) is 14.5 Å². The van der Waals surface area contributed by atoms with E-state index in [4.69, 9.17) is 16.3 Å². The van der Waals surface area contributed by atoms with Crippen LogP contribution in [0, 0.1) is 5.82 Å². The molecule has 3 aromatic rings. The first-order valence-corrected chi connectivity index (χ1v) is 7.84. The lowest BCUT2D eigenvalue weighted by Gasteiger charge is -2.18. The molecule has 5 nitrogen and oxygen atoms in total. The minimum atomic E-state index is -0.413. The molecule has 0 saturated heterocycles. The zero-order valence-corrected chi connectivity index (χ0v) is 13.3. The highest BCUT2D eigenvalue weighted by Crippen LogP contribution is 2.27. The number of nitrogens with zero attached hydrogens (tertiary/aromatic N) is 3. The van der Waals surface area contributed by atoms with Crippen molar-refractivity contribution >= 4 is 23.0 Å². The summed E-state index contributed by atoms with van der Waals surface area (Å²) < 4.78 is 20.9. The third kappa shape index (κ3) is 2.59. The summed E-state index contributed by atoms with van der Waals surface area (Å²) in [6, 6.07) is 9.84. The van der Waals surface area contributed by atoms with E-state index in [9.17, 15) is 9.18 Å². The highest BCUT2D eigenvalue weighted by Gasteiger charge is 2.24. The van der Waals surface area contributed by atoms with Gasteiger partial charge < -0.3 is 9.64 Å². The van der Waals surface area contributed by atoms with Crippen LogP contribution >= 0.6 is 11.6 Å². The monoisotopic (exact) mass is 345 g/mol. The van der Waals surface area contributed by atoms with Crippen LogP contribution in [0.1, 0.15) is 16.1 Å². The van der Waals surface area contributed by atoms with Crippen LogP contribution < -0.4 is 4.74 Å². The van der Waals surface area contributed by atoms with Gasteiger partial charge in [-0.05, 0) is 24.3 Å². The van der Waals surface area contributed by atoms with E-state index < -0.39 is 5.82 Å². The van der Waals surface area contributed by atoms with Crippen LogP contribution in [-0.2, 0) is 6.54 Å². The predicted molar refractivity (Wildman–Crippen MR) is 86.8 cm³/mol. The fourth-order valence-electron chi connectivity index (χ4n) is 2.79. The number of halogens is 2. The van der Waals surface area contributed by atoms with Crippen molar-refractivity contribution in [3.63, 3.8) is 0 Å². The maximum atomic E-state index is 13.8. The number of aromatic nitrogens is 2. The number of fused-ring (bicyclic) bond motifs is 2. The van der Waals surface area contributed by atoms with Crippen molar-refractivity contribution in [3.05, 3.63) is 64.7 Å². The van der Waals surface area contributed by atoms with Crippen molar-refractivity contribution in [2.24, 2.45) is 0 Å².